The second-order valence-electron chi connectivity index (χ2n) is 5.16. The van der Waals surface area contributed by atoms with E-state index in [1.165, 1.54) is 23.5 Å². The zero-order valence-corrected chi connectivity index (χ0v) is 14.9. The first-order valence-corrected chi connectivity index (χ1v) is 8.25. The third kappa shape index (κ3) is 4.18. The number of methoxy groups -OCH3 is 2. The fourth-order valence-electron chi connectivity index (χ4n) is 2.49. The van der Waals surface area contributed by atoms with Gasteiger partial charge in [0.1, 0.15) is 10.0 Å². The molecule has 0 saturated carbocycles. The molecule has 0 radical (unpaired) electrons. The third-order valence-electron chi connectivity index (χ3n) is 3.67. The largest absolute Gasteiger partial charge is 0.493 e. The van der Waals surface area contributed by atoms with Crippen molar-refractivity contribution in [2.24, 2.45) is 0 Å². The Labute approximate surface area is 147 Å². The predicted molar refractivity (Wildman–Crippen MR) is 99.3 cm³/mol. The molecule has 0 spiro atoms. The van der Waals surface area contributed by atoms with Crippen molar-refractivity contribution in [3.8, 4) is 11.5 Å². The van der Waals surface area contributed by atoms with E-state index >= 15 is 0 Å². The van der Waals surface area contributed by atoms with Crippen LogP contribution in [0.2, 0.25) is 0 Å². The van der Waals surface area contributed by atoms with Crippen LogP contribution in [-0.4, -0.2) is 25.7 Å². The molecule has 0 saturated heterocycles. The van der Waals surface area contributed by atoms with E-state index in [1.54, 1.807) is 25.6 Å². The molecule has 0 aliphatic carbocycles. The highest BCUT2D eigenvalue weighted by Gasteiger charge is 2.12. The van der Waals surface area contributed by atoms with Crippen LogP contribution in [0.1, 0.15) is 29.1 Å². The number of aromatic nitrogens is 1. The van der Waals surface area contributed by atoms with E-state index in [2.05, 4.69) is 17.5 Å². The molecule has 6 heteroatoms. The normalized spacial score (nSPS) is 13.7. The third-order valence-corrected chi connectivity index (χ3v) is 4.69. The first-order valence-electron chi connectivity index (χ1n) is 7.44. The summed E-state index contributed by atoms with van der Waals surface area (Å²) >= 11 is 1.72. The lowest BCUT2D eigenvalue weighted by molar-refractivity contribution is 0.355. The quantitative estimate of drug-likeness (QED) is 0.879. The number of fused-ring (bicyclic) bond motifs is 1. The first kappa shape index (κ1) is 17.6. The van der Waals surface area contributed by atoms with Gasteiger partial charge in [0.25, 0.3) is 0 Å². The van der Waals surface area contributed by atoms with Gasteiger partial charge in [-0.3, -0.25) is 0 Å². The van der Waals surface area contributed by atoms with Crippen LogP contribution in [0, 0.1) is 0 Å². The van der Waals surface area contributed by atoms with Crippen LogP contribution in [0.4, 0.5) is 5.00 Å². The average molecular weight is 353 g/mol. The van der Waals surface area contributed by atoms with Crippen molar-refractivity contribution < 1.29 is 9.47 Å². The monoisotopic (exact) mass is 352 g/mol. The summed E-state index contributed by atoms with van der Waals surface area (Å²) in [7, 11) is 3.29. The number of anilines is 1. The molecule has 0 unspecified atom stereocenters. The van der Waals surface area contributed by atoms with Crippen LogP contribution in [0.5, 0.6) is 11.5 Å². The minimum atomic E-state index is 0. The van der Waals surface area contributed by atoms with Gasteiger partial charge in [-0.05, 0) is 43.0 Å². The molecule has 1 aliphatic heterocycles. The lowest BCUT2D eigenvalue weighted by Crippen LogP contribution is -1.96. The number of aryl methyl sites for hydroxylation is 1. The standard InChI is InChI=1S/C17H20N2O2S.ClH/c1-20-14-8-6-12(11-15(14)21-2)7-9-16-19-13-5-3-4-10-18-17(13)22-16;/h6-9,11,18H,3-5,10H2,1-2H3;1H. The Hall–Kier alpha value is -1.72. The van der Waals surface area contributed by atoms with Gasteiger partial charge >= 0.3 is 0 Å². The molecule has 1 N–H and O–H groups in total. The summed E-state index contributed by atoms with van der Waals surface area (Å²) in [5.74, 6) is 1.48. The summed E-state index contributed by atoms with van der Waals surface area (Å²) in [6.07, 6.45) is 7.62. The summed E-state index contributed by atoms with van der Waals surface area (Å²) in [6, 6.07) is 5.89. The van der Waals surface area contributed by atoms with Gasteiger partial charge in [0.15, 0.2) is 11.5 Å². The maximum absolute atomic E-state index is 5.33. The zero-order valence-electron chi connectivity index (χ0n) is 13.3. The molecule has 0 bridgehead atoms. The van der Waals surface area contributed by atoms with Crippen molar-refractivity contribution in [3.63, 3.8) is 0 Å². The van der Waals surface area contributed by atoms with Crippen LogP contribution in [0.3, 0.4) is 0 Å². The summed E-state index contributed by atoms with van der Waals surface area (Å²) < 4.78 is 10.6. The van der Waals surface area contributed by atoms with Gasteiger partial charge in [-0.25, -0.2) is 4.98 Å². The van der Waals surface area contributed by atoms with E-state index in [4.69, 9.17) is 14.5 Å². The van der Waals surface area contributed by atoms with Crippen molar-refractivity contribution in [1.82, 2.24) is 4.98 Å². The van der Waals surface area contributed by atoms with Gasteiger partial charge in [0, 0.05) is 6.54 Å². The number of nitrogens with one attached hydrogen (secondary N) is 1. The fourth-order valence-corrected chi connectivity index (χ4v) is 3.43. The number of benzene rings is 1. The van der Waals surface area contributed by atoms with E-state index in [9.17, 15) is 0 Å². The van der Waals surface area contributed by atoms with Crippen LogP contribution in [0.15, 0.2) is 18.2 Å². The topological polar surface area (TPSA) is 43.4 Å². The predicted octanol–water partition coefficient (Wildman–Crippen LogP) is 4.50. The van der Waals surface area contributed by atoms with Crippen LogP contribution >= 0.6 is 23.7 Å². The summed E-state index contributed by atoms with van der Waals surface area (Å²) in [4.78, 5) is 4.72. The number of rotatable bonds is 4. The average Bonchev–Trinajstić information content (AvgIpc) is 2.82. The van der Waals surface area contributed by atoms with Crippen LogP contribution < -0.4 is 14.8 Å². The van der Waals surface area contributed by atoms with Crippen molar-refractivity contribution in [2.45, 2.75) is 19.3 Å². The molecule has 0 atom stereocenters. The molecule has 0 fully saturated rings. The summed E-state index contributed by atoms with van der Waals surface area (Å²) in [5, 5.41) is 5.73. The Bertz CT molecular complexity index is 662. The smallest absolute Gasteiger partial charge is 0.161 e. The molecule has 2 heterocycles. The molecule has 1 aliphatic rings. The van der Waals surface area contributed by atoms with E-state index in [1.807, 2.05) is 18.2 Å². The van der Waals surface area contributed by atoms with Crippen molar-refractivity contribution >= 4 is 40.9 Å². The number of halogens is 1. The molecular formula is C17H21ClN2O2S. The minimum absolute atomic E-state index is 0. The molecule has 2 aromatic rings. The lowest BCUT2D eigenvalue weighted by Gasteiger charge is -2.07. The molecular weight excluding hydrogens is 332 g/mol. The van der Waals surface area contributed by atoms with E-state index in [0.29, 0.717) is 0 Å². The van der Waals surface area contributed by atoms with Crippen molar-refractivity contribution in [2.75, 3.05) is 26.1 Å². The number of hydrogen-bond donors (Lipinski definition) is 1. The Morgan fingerprint density at radius 3 is 2.74 bits per heavy atom. The van der Waals surface area contributed by atoms with Gasteiger partial charge in [-0.1, -0.05) is 23.5 Å². The van der Waals surface area contributed by atoms with Gasteiger partial charge in [0.2, 0.25) is 0 Å². The second-order valence-corrected chi connectivity index (χ2v) is 6.19. The van der Waals surface area contributed by atoms with Crippen molar-refractivity contribution in [3.05, 3.63) is 34.5 Å². The van der Waals surface area contributed by atoms with Crippen LogP contribution in [0.25, 0.3) is 12.2 Å². The molecule has 3 rings (SSSR count). The molecule has 1 aromatic carbocycles. The Balaban J connectivity index is 0.00000192. The number of ether oxygens (including phenoxy) is 2. The van der Waals surface area contributed by atoms with Crippen LogP contribution in [-0.2, 0) is 6.42 Å². The van der Waals surface area contributed by atoms with Gasteiger partial charge in [-0.2, -0.15) is 0 Å². The number of hydrogen-bond acceptors (Lipinski definition) is 5. The molecule has 23 heavy (non-hydrogen) atoms. The summed E-state index contributed by atoms with van der Waals surface area (Å²) in [6.45, 7) is 1.05. The van der Waals surface area contributed by atoms with Gasteiger partial charge in [0.05, 0.1) is 19.9 Å². The number of nitrogens with zero attached hydrogens (tertiary/aromatic N) is 1. The maximum atomic E-state index is 5.33. The van der Waals surface area contributed by atoms with Gasteiger partial charge < -0.3 is 14.8 Å². The Kier molecular flexibility index (Phi) is 6.30. The first-order chi connectivity index (χ1) is 10.8. The SMILES string of the molecule is COc1ccc(C=Cc2nc3c(s2)NCCCC3)cc1OC.Cl. The maximum Gasteiger partial charge on any atom is 0.161 e. The summed E-state index contributed by atoms with van der Waals surface area (Å²) in [5.41, 5.74) is 2.27. The highest BCUT2D eigenvalue weighted by atomic mass is 35.5. The van der Waals surface area contributed by atoms with E-state index in [-0.39, 0.29) is 12.4 Å². The Morgan fingerprint density at radius 1 is 1.13 bits per heavy atom. The minimum Gasteiger partial charge on any atom is -0.493 e. The highest BCUT2D eigenvalue weighted by Crippen LogP contribution is 2.31. The molecule has 4 nitrogen and oxygen atoms in total. The van der Waals surface area contributed by atoms with Crippen molar-refractivity contribution in [1.29, 1.82) is 0 Å². The fraction of sp³-hybridized carbons (Fsp3) is 0.353. The highest BCUT2D eigenvalue weighted by molar-refractivity contribution is 7.16. The Morgan fingerprint density at radius 2 is 1.96 bits per heavy atom. The van der Waals surface area contributed by atoms with Gasteiger partial charge in [-0.15, -0.1) is 12.4 Å². The molecule has 0 amide bonds. The number of thiazole rings is 1. The molecule has 1 aromatic heterocycles. The molecule has 124 valence electrons. The lowest BCUT2D eigenvalue weighted by atomic mass is 10.2. The van der Waals surface area contributed by atoms with E-state index in [0.717, 1.165) is 35.0 Å². The zero-order chi connectivity index (χ0) is 15.4. The van der Waals surface area contributed by atoms with E-state index < -0.39 is 0 Å². The second kappa shape index (κ2) is 8.22.